The highest BCUT2D eigenvalue weighted by atomic mass is 16.5. The lowest BCUT2D eigenvalue weighted by atomic mass is 10.2. The van der Waals surface area contributed by atoms with Crippen LogP contribution in [0.1, 0.15) is 0 Å². The van der Waals surface area contributed by atoms with Gasteiger partial charge < -0.3 is 9.72 Å². The Morgan fingerprint density at radius 3 is 2.65 bits per heavy atom. The highest BCUT2D eigenvalue weighted by molar-refractivity contribution is 5.81. The van der Waals surface area contributed by atoms with Crippen molar-refractivity contribution in [2.45, 2.75) is 0 Å². The van der Waals surface area contributed by atoms with Crippen LogP contribution < -0.4 is 4.74 Å². The van der Waals surface area contributed by atoms with E-state index in [1.807, 2.05) is 60.8 Å². The molecule has 0 aliphatic heterocycles. The normalized spacial score (nSPS) is 11.0. The summed E-state index contributed by atoms with van der Waals surface area (Å²) in [6, 6.07) is 17.9. The molecule has 0 saturated carbocycles. The van der Waals surface area contributed by atoms with Crippen molar-refractivity contribution in [3.05, 3.63) is 67.0 Å². The van der Waals surface area contributed by atoms with E-state index in [4.69, 9.17) is 4.74 Å². The number of nitrogens with one attached hydrogen (secondary N) is 1. The number of ether oxygens (including phenoxy) is 1. The van der Waals surface area contributed by atoms with E-state index in [1.54, 1.807) is 6.20 Å². The van der Waals surface area contributed by atoms with E-state index >= 15 is 0 Å². The van der Waals surface area contributed by atoms with Crippen LogP contribution in [0.3, 0.4) is 0 Å². The van der Waals surface area contributed by atoms with Gasteiger partial charge in [0, 0.05) is 28.7 Å². The van der Waals surface area contributed by atoms with Crippen molar-refractivity contribution in [1.82, 2.24) is 9.97 Å². The van der Waals surface area contributed by atoms with Crippen LogP contribution in [0.15, 0.2) is 67.0 Å². The lowest BCUT2D eigenvalue weighted by molar-refractivity contribution is 0.484. The molecule has 1 N–H and O–H groups in total. The summed E-state index contributed by atoms with van der Waals surface area (Å²) in [4.78, 5) is 7.47. The second kappa shape index (κ2) is 4.38. The molecule has 2 heterocycles. The molecule has 0 saturated heterocycles. The number of pyridine rings is 1. The molecule has 0 fully saturated rings. The maximum Gasteiger partial charge on any atom is 0.128 e. The van der Waals surface area contributed by atoms with E-state index < -0.39 is 0 Å². The van der Waals surface area contributed by atoms with Gasteiger partial charge in [-0.25, -0.2) is 0 Å². The Labute approximate surface area is 115 Å². The van der Waals surface area contributed by atoms with Gasteiger partial charge in [0.05, 0.1) is 5.52 Å². The third-order valence-corrected chi connectivity index (χ3v) is 3.33. The van der Waals surface area contributed by atoms with E-state index in [9.17, 15) is 0 Å². The highest BCUT2D eigenvalue weighted by Crippen LogP contribution is 2.27. The van der Waals surface area contributed by atoms with Crippen molar-refractivity contribution < 1.29 is 4.74 Å². The molecular weight excluding hydrogens is 248 g/mol. The van der Waals surface area contributed by atoms with Crippen LogP contribution >= 0.6 is 0 Å². The van der Waals surface area contributed by atoms with Crippen molar-refractivity contribution in [1.29, 1.82) is 0 Å². The first-order chi connectivity index (χ1) is 9.88. The van der Waals surface area contributed by atoms with Gasteiger partial charge in [-0.15, -0.1) is 0 Å². The number of fused-ring (bicyclic) bond motifs is 2. The Kier molecular flexibility index (Phi) is 2.42. The molecule has 0 unspecified atom stereocenters. The Morgan fingerprint density at radius 2 is 1.70 bits per heavy atom. The summed E-state index contributed by atoms with van der Waals surface area (Å²) < 4.78 is 5.92. The van der Waals surface area contributed by atoms with Gasteiger partial charge in [0.1, 0.15) is 11.5 Å². The summed E-state index contributed by atoms with van der Waals surface area (Å²) in [5.74, 6) is 1.65. The number of hydrogen-bond donors (Lipinski definition) is 1. The Morgan fingerprint density at radius 1 is 0.850 bits per heavy atom. The van der Waals surface area contributed by atoms with Crippen LogP contribution in [0, 0.1) is 0 Å². The topological polar surface area (TPSA) is 37.9 Å². The smallest absolute Gasteiger partial charge is 0.128 e. The van der Waals surface area contributed by atoms with Gasteiger partial charge in [-0.05, 0) is 48.5 Å². The maximum atomic E-state index is 5.92. The van der Waals surface area contributed by atoms with Crippen LogP contribution in [0.2, 0.25) is 0 Å². The van der Waals surface area contributed by atoms with E-state index in [0.29, 0.717) is 0 Å². The second-order valence-corrected chi connectivity index (χ2v) is 4.69. The van der Waals surface area contributed by atoms with Gasteiger partial charge in [-0.2, -0.15) is 0 Å². The molecule has 3 heteroatoms. The molecule has 0 amide bonds. The van der Waals surface area contributed by atoms with Gasteiger partial charge in [0.15, 0.2) is 0 Å². The second-order valence-electron chi connectivity index (χ2n) is 4.69. The average Bonchev–Trinajstić information content (AvgIpc) is 2.95. The molecule has 0 bridgehead atoms. The number of hydrogen-bond acceptors (Lipinski definition) is 2. The summed E-state index contributed by atoms with van der Waals surface area (Å²) in [5, 5.41) is 2.22. The van der Waals surface area contributed by atoms with Gasteiger partial charge in [-0.3, -0.25) is 4.98 Å². The number of rotatable bonds is 2. The van der Waals surface area contributed by atoms with E-state index in [2.05, 4.69) is 9.97 Å². The number of nitrogens with zero attached hydrogens (tertiary/aromatic N) is 1. The summed E-state index contributed by atoms with van der Waals surface area (Å²) >= 11 is 0. The highest BCUT2D eigenvalue weighted by Gasteiger charge is 2.02. The first-order valence-corrected chi connectivity index (χ1v) is 6.48. The lowest BCUT2D eigenvalue weighted by Crippen LogP contribution is -1.85. The largest absolute Gasteiger partial charge is 0.457 e. The number of benzene rings is 2. The molecule has 20 heavy (non-hydrogen) atoms. The molecule has 0 radical (unpaired) electrons. The number of aromatic nitrogens is 2. The van der Waals surface area contributed by atoms with Crippen molar-refractivity contribution in [2.75, 3.05) is 0 Å². The molecular formula is C17H12N2O. The van der Waals surface area contributed by atoms with Crippen molar-refractivity contribution in [3.63, 3.8) is 0 Å². The molecule has 0 aliphatic rings. The van der Waals surface area contributed by atoms with Crippen LogP contribution in [0.5, 0.6) is 11.5 Å². The van der Waals surface area contributed by atoms with Crippen molar-refractivity contribution >= 4 is 21.8 Å². The standard InChI is InChI=1S/C17H12N2O/c1-2-12-10-14(3-5-16(12)18-8-1)20-15-4-6-17-13(11-15)7-9-19-17/h1-11,19H. The zero-order valence-electron chi connectivity index (χ0n) is 10.7. The van der Waals surface area contributed by atoms with Gasteiger partial charge in [0.2, 0.25) is 0 Å². The van der Waals surface area contributed by atoms with E-state index in [-0.39, 0.29) is 0 Å². The predicted molar refractivity (Wildman–Crippen MR) is 80.1 cm³/mol. The summed E-state index contributed by atoms with van der Waals surface area (Å²) in [5.41, 5.74) is 2.08. The molecule has 4 aromatic rings. The Bertz CT molecular complexity index is 895. The molecule has 96 valence electrons. The number of H-pyrrole nitrogens is 1. The monoisotopic (exact) mass is 260 g/mol. The summed E-state index contributed by atoms with van der Waals surface area (Å²) in [6.45, 7) is 0. The third kappa shape index (κ3) is 1.89. The molecule has 2 aromatic carbocycles. The third-order valence-electron chi connectivity index (χ3n) is 3.33. The fraction of sp³-hybridized carbons (Fsp3) is 0. The van der Waals surface area contributed by atoms with Gasteiger partial charge in [-0.1, -0.05) is 6.07 Å². The first kappa shape index (κ1) is 11.1. The fourth-order valence-electron chi connectivity index (χ4n) is 2.35. The van der Waals surface area contributed by atoms with Gasteiger partial charge in [0.25, 0.3) is 0 Å². The zero-order valence-corrected chi connectivity index (χ0v) is 10.7. The molecule has 3 nitrogen and oxygen atoms in total. The summed E-state index contributed by atoms with van der Waals surface area (Å²) in [6.07, 6.45) is 3.72. The van der Waals surface area contributed by atoms with Crippen molar-refractivity contribution in [3.8, 4) is 11.5 Å². The van der Waals surface area contributed by atoms with E-state index in [0.717, 1.165) is 33.3 Å². The van der Waals surface area contributed by atoms with Crippen LogP contribution in [0.25, 0.3) is 21.8 Å². The molecule has 0 aliphatic carbocycles. The first-order valence-electron chi connectivity index (χ1n) is 6.48. The summed E-state index contributed by atoms with van der Waals surface area (Å²) in [7, 11) is 0. The molecule has 2 aromatic heterocycles. The van der Waals surface area contributed by atoms with Crippen molar-refractivity contribution in [2.24, 2.45) is 0 Å². The minimum atomic E-state index is 0.820. The number of aromatic amines is 1. The van der Waals surface area contributed by atoms with Crippen LogP contribution in [-0.4, -0.2) is 9.97 Å². The Balaban J connectivity index is 1.72. The fourth-order valence-corrected chi connectivity index (χ4v) is 2.35. The van der Waals surface area contributed by atoms with E-state index in [1.165, 1.54) is 0 Å². The lowest BCUT2D eigenvalue weighted by Gasteiger charge is -2.06. The average molecular weight is 260 g/mol. The minimum absolute atomic E-state index is 0.820. The minimum Gasteiger partial charge on any atom is -0.457 e. The Hall–Kier alpha value is -2.81. The predicted octanol–water partition coefficient (Wildman–Crippen LogP) is 4.51. The van der Waals surface area contributed by atoms with Crippen LogP contribution in [-0.2, 0) is 0 Å². The quantitative estimate of drug-likeness (QED) is 0.576. The molecule has 0 spiro atoms. The SMILES string of the molecule is c1cnc2ccc(Oc3ccc4[nH]ccc4c3)cc2c1. The van der Waals surface area contributed by atoms with Crippen LogP contribution in [0.4, 0.5) is 0 Å². The maximum absolute atomic E-state index is 5.92. The molecule has 0 atom stereocenters. The zero-order chi connectivity index (χ0) is 13.4. The van der Waals surface area contributed by atoms with Gasteiger partial charge >= 0.3 is 0 Å². The molecule has 4 rings (SSSR count).